The highest BCUT2D eigenvalue weighted by Crippen LogP contribution is 2.22. The van der Waals surface area contributed by atoms with Crippen LogP contribution in [0.25, 0.3) is 0 Å². The maximum absolute atomic E-state index is 12.2. The Morgan fingerprint density at radius 1 is 1.18 bits per heavy atom. The van der Waals surface area contributed by atoms with Crippen molar-refractivity contribution in [2.24, 2.45) is 0 Å². The van der Waals surface area contributed by atoms with Crippen LogP contribution in [0.15, 0.2) is 40.6 Å². The summed E-state index contributed by atoms with van der Waals surface area (Å²) in [5, 5.41) is 3.46. The summed E-state index contributed by atoms with van der Waals surface area (Å²) in [6.07, 6.45) is 0. The lowest BCUT2D eigenvalue weighted by molar-refractivity contribution is 0.0944. The molecule has 2 rings (SSSR count). The van der Waals surface area contributed by atoms with Gasteiger partial charge >= 0.3 is 0 Å². The Morgan fingerprint density at radius 2 is 1.82 bits per heavy atom. The van der Waals surface area contributed by atoms with E-state index in [1.54, 1.807) is 12.1 Å². The summed E-state index contributed by atoms with van der Waals surface area (Å²) in [6.45, 7) is 1.85. The second-order valence-electron chi connectivity index (χ2n) is 4.57. The summed E-state index contributed by atoms with van der Waals surface area (Å²) < 4.78 is 25.7. The van der Waals surface area contributed by atoms with Crippen LogP contribution in [-0.4, -0.2) is 21.4 Å². The van der Waals surface area contributed by atoms with E-state index in [0.29, 0.717) is 9.90 Å². The van der Waals surface area contributed by atoms with Gasteiger partial charge in [-0.1, -0.05) is 23.7 Å². The molecule has 0 saturated carbocycles. The van der Waals surface area contributed by atoms with Crippen LogP contribution in [0.3, 0.4) is 0 Å². The molecule has 0 spiro atoms. The van der Waals surface area contributed by atoms with E-state index >= 15 is 0 Å². The van der Waals surface area contributed by atoms with Crippen molar-refractivity contribution >= 4 is 38.9 Å². The van der Waals surface area contributed by atoms with Gasteiger partial charge in [0.15, 0.2) is 0 Å². The van der Waals surface area contributed by atoms with Crippen molar-refractivity contribution in [3.05, 3.63) is 51.9 Å². The van der Waals surface area contributed by atoms with Crippen molar-refractivity contribution in [3.63, 3.8) is 0 Å². The molecule has 0 fully saturated rings. The number of carbonyl (C=O) groups is 1. The summed E-state index contributed by atoms with van der Waals surface area (Å²) in [5.74, 6) is -0.315. The van der Waals surface area contributed by atoms with Crippen molar-refractivity contribution < 1.29 is 13.2 Å². The van der Waals surface area contributed by atoms with Crippen LogP contribution in [0, 0.1) is 0 Å². The Balaban J connectivity index is 2.11. The molecule has 0 radical (unpaired) electrons. The number of sulfonamides is 1. The quantitative estimate of drug-likeness (QED) is 0.863. The van der Waals surface area contributed by atoms with Gasteiger partial charge in [-0.2, -0.15) is 0 Å². The normalized spacial score (nSPS) is 12.9. The molecule has 0 aliphatic heterocycles. The van der Waals surface area contributed by atoms with Gasteiger partial charge in [0.05, 0.1) is 10.9 Å². The fourth-order valence-corrected chi connectivity index (χ4v) is 3.96. The van der Waals surface area contributed by atoms with Crippen molar-refractivity contribution in [3.8, 4) is 0 Å². The molecule has 118 valence electrons. The van der Waals surface area contributed by atoms with Crippen LogP contribution in [0.1, 0.15) is 28.2 Å². The number of amides is 1. The zero-order chi connectivity index (χ0) is 16.3. The summed E-state index contributed by atoms with van der Waals surface area (Å²) in [7, 11) is -2.19. The summed E-state index contributed by atoms with van der Waals surface area (Å²) in [6, 6.07) is 9.87. The third kappa shape index (κ3) is 3.86. The third-order valence-electron chi connectivity index (χ3n) is 3.06. The standard InChI is InChI=1S/C14H15ClN2O3S2/c1-9(10-3-5-11(15)6-4-10)17-14(18)12-7-8-13(21-12)22(19,20)16-2/h3-9,16H,1-2H3,(H,17,18). The average molecular weight is 359 g/mol. The SMILES string of the molecule is CNS(=O)(=O)c1ccc(C(=O)NC(C)c2ccc(Cl)cc2)s1. The van der Waals surface area contributed by atoms with Gasteiger partial charge in [-0.05, 0) is 43.8 Å². The predicted molar refractivity (Wildman–Crippen MR) is 87.9 cm³/mol. The Bertz CT molecular complexity index is 770. The first-order valence-electron chi connectivity index (χ1n) is 6.43. The molecule has 2 N–H and O–H groups in total. The van der Waals surface area contributed by atoms with Crippen molar-refractivity contribution in [1.82, 2.24) is 10.0 Å². The van der Waals surface area contributed by atoms with Crippen molar-refractivity contribution in [1.29, 1.82) is 0 Å². The summed E-state index contributed by atoms with van der Waals surface area (Å²) in [4.78, 5) is 12.5. The molecule has 1 aromatic heterocycles. The van der Waals surface area contributed by atoms with Gasteiger partial charge in [0, 0.05) is 5.02 Å². The van der Waals surface area contributed by atoms with Crippen molar-refractivity contribution in [2.45, 2.75) is 17.2 Å². The maximum Gasteiger partial charge on any atom is 0.261 e. The molecule has 5 nitrogen and oxygen atoms in total. The average Bonchev–Trinajstić information content (AvgIpc) is 2.98. The zero-order valence-electron chi connectivity index (χ0n) is 12.0. The fraction of sp³-hybridized carbons (Fsp3) is 0.214. The number of nitrogens with one attached hydrogen (secondary N) is 2. The highest BCUT2D eigenvalue weighted by Gasteiger charge is 2.18. The molecule has 1 heterocycles. The maximum atomic E-state index is 12.2. The molecule has 2 aromatic rings. The number of carbonyl (C=O) groups excluding carboxylic acids is 1. The molecule has 0 aliphatic rings. The van der Waals surface area contributed by atoms with Gasteiger partial charge < -0.3 is 5.32 Å². The number of hydrogen-bond acceptors (Lipinski definition) is 4. The number of hydrogen-bond donors (Lipinski definition) is 2. The van der Waals surface area contributed by atoms with Gasteiger partial charge in [0.2, 0.25) is 10.0 Å². The number of halogens is 1. The molecule has 1 unspecified atom stereocenters. The van der Waals surface area contributed by atoms with Gasteiger partial charge in [-0.15, -0.1) is 11.3 Å². The minimum absolute atomic E-state index is 0.110. The van der Waals surface area contributed by atoms with Crippen LogP contribution in [0.4, 0.5) is 0 Å². The molecule has 0 bridgehead atoms. The Labute approximate surface area is 138 Å². The van der Waals surface area contributed by atoms with Gasteiger partial charge in [0.25, 0.3) is 5.91 Å². The highest BCUT2D eigenvalue weighted by molar-refractivity contribution is 7.91. The monoisotopic (exact) mass is 358 g/mol. The lowest BCUT2D eigenvalue weighted by Gasteiger charge is -2.13. The summed E-state index contributed by atoms with van der Waals surface area (Å²) in [5.41, 5.74) is 0.914. The van der Waals surface area contributed by atoms with E-state index in [0.717, 1.165) is 16.9 Å². The predicted octanol–water partition coefficient (Wildman–Crippen LogP) is 2.80. The first-order valence-corrected chi connectivity index (χ1v) is 9.11. The van der Waals surface area contributed by atoms with Gasteiger partial charge in [0.1, 0.15) is 4.21 Å². The van der Waals surface area contributed by atoms with E-state index in [1.165, 1.54) is 19.2 Å². The lowest BCUT2D eigenvalue weighted by atomic mass is 10.1. The van der Waals surface area contributed by atoms with Crippen LogP contribution in [0.2, 0.25) is 5.02 Å². The first-order chi connectivity index (χ1) is 10.3. The molecule has 1 amide bonds. The fourth-order valence-electron chi connectivity index (χ4n) is 1.79. The third-order valence-corrected chi connectivity index (χ3v) is 6.30. The van der Waals surface area contributed by atoms with E-state index in [9.17, 15) is 13.2 Å². The Morgan fingerprint density at radius 3 is 2.41 bits per heavy atom. The minimum atomic E-state index is -3.52. The zero-order valence-corrected chi connectivity index (χ0v) is 14.3. The number of rotatable bonds is 5. The van der Waals surface area contributed by atoms with Gasteiger partial charge in [-0.25, -0.2) is 13.1 Å². The van der Waals surface area contributed by atoms with E-state index in [4.69, 9.17) is 11.6 Å². The molecular formula is C14H15ClN2O3S2. The number of benzene rings is 1. The second kappa shape index (κ2) is 6.78. The highest BCUT2D eigenvalue weighted by atomic mass is 35.5. The number of thiophene rings is 1. The van der Waals surface area contributed by atoms with Crippen LogP contribution in [-0.2, 0) is 10.0 Å². The largest absolute Gasteiger partial charge is 0.345 e. The topological polar surface area (TPSA) is 75.3 Å². The molecule has 0 aliphatic carbocycles. The first kappa shape index (κ1) is 17.0. The van der Waals surface area contributed by atoms with Crippen LogP contribution < -0.4 is 10.0 Å². The van der Waals surface area contributed by atoms with Gasteiger partial charge in [-0.3, -0.25) is 4.79 Å². The van der Waals surface area contributed by atoms with Crippen molar-refractivity contribution in [2.75, 3.05) is 7.05 Å². The Kier molecular flexibility index (Phi) is 5.23. The Hall–Kier alpha value is -1.41. The minimum Gasteiger partial charge on any atom is -0.345 e. The van der Waals surface area contributed by atoms with Crippen LogP contribution >= 0.6 is 22.9 Å². The second-order valence-corrected chi connectivity index (χ2v) is 8.21. The van der Waals surface area contributed by atoms with E-state index in [-0.39, 0.29) is 16.2 Å². The van der Waals surface area contributed by atoms with E-state index < -0.39 is 10.0 Å². The molecule has 22 heavy (non-hydrogen) atoms. The molecule has 0 saturated heterocycles. The molecular weight excluding hydrogens is 344 g/mol. The van der Waals surface area contributed by atoms with E-state index in [2.05, 4.69) is 10.0 Å². The van der Waals surface area contributed by atoms with E-state index in [1.807, 2.05) is 19.1 Å². The summed E-state index contributed by atoms with van der Waals surface area (Å²) >= 11 is 6.76. The smallest absolute Gasteiger partial charge is 0.261 e. The molecule has 1 atom stereocenters. The lowest BCUT2D eigenvalue weighted by Crippen LogP contribution is -2.25. The van der Waals surface area contributed by atoms with Crippen LogP contribution in [0.5, 0.6) is 0 Å². The molecule has 8 heteroatoms. The molecule has 1 aromatic carbocycles.